The van der Waals surface area contributed by atoms with E-state index in [0.29, 0.717) is 17.2 Å². The molecule has 1 aromatic rings. The van der Waals surface area contributed by atoms with Crippen molar-refractivity contribution in [2.24, 2.45) is 23.7 Å². The molecule has 3 aliphatic rings. The summed E-state index contributed by atoms with van der Waals surface area (Å²) in [5, 5.41) is 2.91. The van der Waals surface area contributed by atoms with Gasteiger partial charge < -0.3 is 19.5 Å². The van der Waals surface area contributed by atoms with Gasteiger partial charge in [0.2, 0.25) is 5.91 Å². The number of carbonyl (C=O) groups excluding carboxylic acids is 2. The lowest BCUT2D eigenvalue weighted by atomic mass is 9.79. The van der Waals surface area contributed by atoms with Crippen LogP contribution in [0, 0.1) is 23.7 Å². The first-order valence-electron chi connectivity index (χ1n) is 7.85. The minimum absolute atomic E-state index is 0.0351. The fraction of sp³-hybridized carbons (Fsp3) is 0.529. The molecule has 6 heteroatoms. The lowest BCUT2D eigenvalue weighted by molar-refractivity contribution is -0.145. The molecule has 1 aromatic carbocycles. The van der Waals surface area contributed by atoms with Crippen LogP contribution in [0.5, 0.6) is 11.5 Å². The van der Waals surface area contributed by atoms with Crippen molar-refractivity contribution in [1.29, 1.82) is 0 Å². The van der Waals surface area contributed by atoms with Crippen LogP contribution in [0.3, 0.4) is 0 Å². The van der Waals surface area contributed by atoms with E-state index in [1.54, 1.807) is 32.4 Å². The van der Waals surface area contributed by atoms with E-state index >= 15 is 0 Å². The molecule has 122 valence electrons. The van der Waals surface area contributed by atoms with E-state index in [1.165, 1.54) is 0 Å². The van der Waals surface area contributed by atoms with Crippen LogP contribution in [0.25, 0.3) is 0 Å². The zero-order valence-electron chi connectivity index (χ0n) is 13.1. The van der Waals surface area contributed by atoms with Crippen molar-refractivity contribution in [1.82, 2.24) is 0 Å². The van der Waals surface area contributed by atoms with Gasteiger partial charge in [0.25, 0.3) is 0 Å². The average molecular weight is 317 g/mol. The Hall–Kier alpha value is -2.24. The van der Waals surface area contributed by atoms with Crippen LogP contribution in [0.4, 0.5) is 5.69 Å². The van der Waals surface area contributed by atoms with E-state index in [2.05, 4.69) is 5.32 Å². The second kappa shape index (κ2) is 5.15. The summed E-state index contributed by atoms with van der Waals surface area (Å²) >= 11 is 0. The monoisotopic (exact) mass is 317 g/mol. The number of methoxy groups -OCH3 is 2. The number of carbonyl (C=O) groups is 2. The summed E-state index contributed by atoms with van der Waals surface area (Å²) < 4.78 is 15.9. The maximum absolute atomic E-state index is 12.8. The number of anilines is 1. The van der Waals surface area contributed by atoms with E-state index in [-0.39, 0.29) is 41.7 Å². The SMILES string of the molecule is COc1ccc(OC)c(NC(=O)[C@H]2[C@H]3C[C@@H]4[C@@H]2C(=O)O[C@H]4C3)c1. The van der Waals surface area contributed by atoms with Crippen LogP contribution in [0.15, 0.2) is 18.2 Å². The minimum Gasteiger partial charge on any atom is -0.497 e. The predicted octanol–water partition coefficient (Wildman–Crippen LogP) is 1.84. The van der Waals surface area contributed by atoms with Gasteiger partial charge in [0.05, 0.1) is 31.7 Å². The van der Waals surface area contributed by atoms with Gasteiger partial charge >= 0.3 is 5.97 Å². The first kappa shape index (κ1) is 14.4. The first-order chi connectivity index (χ1) is 11.1. The Bertz CT molecular complexity index is 671. The largest absolute Gasteiger partial charge is 0.497 e. The molecule has 0 unspecified atom stereocenters. The van der Waals surface area contributed by atoms with Gasteiger partial charge in [-0.1, -0.05) is 0 Å². The Morgan fingerprint density at radius 3 is 2.83 bits per heavy atom. The van der Waals surface area contributed by atoms with Crippen molar-refractivity contribution in [2.75, 3.05) is 19.5 Å². The number of fused-ring (bicyclic) bond motifs is 1. The smallest absolute Gasteiger partial charge is 0.310 e. The quantitative estimate of drug-likeness (QED) is 0.858. The summed E-state index contributed by atoms with van der Waals surface area (Å²) in [6.07, 6.45) is 1.75. The second-order valence-corrected chi connectivity index (χ2v) is 6.48. The van der Waals surface area contributed by atoms with E-state index in [0.717, 1.165) is 12.8 Å². The van der Waals surface area contributed by atoms with Crippen LogP contribution in [0.2, 0.25) is 0 Å². The van der Waals surface area contributed by atoms with Crippen molar-refractivity contribution in [3.8, 4) is 11.5 Å². The van der Waals surface area contributed by atoms with E-state index < -0.39 is 0 Å². The summed E-state index contributed by atoms with van der Waals surface area (Å²) in [7, 11) is 3.12. The Balaban J connectivity index is 1.58. The van der Waals surface area contributed by atoms with Gasteiger partial charge in [-0.15, -0.1) is 0 Å². The highest BCUT2D eigenvalue weighted by Gasteiger charge is 2.63. The molecular formula is C17H19NO5. The van der Waals surface area contributed by atoms with Crippen molar-refractivity contribution in [3.05, 3.63) is 18.2 Å². The summed E-state index contributed by atoms with van der Waals surface area (Å²) in [6, 6.07) is 5.24. The Morgan fingerprint density at radius 2 is 2.09 bits per heavy atom. The summed E-state index contributed by atoms with van der Waals surface area (Å²) in [5.74, 6) is 0.721. The molecule has 1 N–H and O–H groups in total. The van der Waals surface area contributed by atoms with Crippen LogP contribution in [-0.4, -0.2) is 32.2 Å². The third-order valence-corrected chi connectivity index (χ3v) is 5.45. The molecule has 4 rings (SSSR count). The normalized spacial score (nSPS) is 33.5. The fourth-order valence-corrected chi connectivity index (χ4v) is 4.49. The fourth-order valence-electron chi connectivity index (χ4n) is 4.49. The second-order valence-electron chi connectivity index (χ2n) is 6.48. The maximum Gasteiger partial charge on any atom is 0.310 e. The maximum atomic E-state index is 12.8. The lowest BCUT2D eigenvalue weighted by Gasteiger charge is -2.24. The molecule has 0 aromatic heterocycles. The number of hydrogen-bond donors (Lipinski definition) is 1. The molecule has 1 amide bonds. The number of benzene rings is 1. The Labute approximate surface area is 134 Å². The highest BCUT2D eigenvalue weighted by molar-refractivity contribution is 5.98. The van der Waals surface area contributed by atoms with Crippen molar-refractivity contribution in [3.63, 3.8) is 0 Å². The van der Waals surface area contributed by atoms with Crippen LogP contribution in [0.1, 0.15) is 12.8 Å². The molecule has 2 aliphatic carbocycles. The Kier molecular flexibility index (Phi) is 3.21. The highest BCUT2D eigenvalue weighted by atomic mass is 16.6. The van der Waals surface area contributed by atoms with E-state index in [4.69, 9.17) is 14.2 Å². The van der Waals surface area contributed by atoms with Gasteiger partial charge in [-0.05, 0) is 30.9 Å². The number of hydrogen-bond acceptors (Lipinski definition) is 5. The topological polar surface area (TPSA) is 73.9 Å². The molecule has 0 spiro atoms. The van der Waals surface area contributed by atoms with Gasteiger partial charge in [0.1, 0.15) is 17.6 Å². The number of esters is 1. The van der Waals surface area contributed by atoms with Crippen molar-refractivity contribution < 1.29 is 23.8 Å². The molecule has 3 fully saturated rings. The van der Waals surface area contributed by atoms with Crippen molar-refractivity contribution in [2.45, 2.75) is 18.9 Å². The average Bonchev–Trinajstić information content (AvgIpc) is 3.16. The highest BCUT2D eigenvalue weighted by Crippen LogP contribution is 2.57. The molecule has 1 aliphatic heterocycles. The van der Waals surface area contributed by atoms with Crippen LogP contribution in [-0.2, 0) is 14.3 Å². The number of ether oxygens (including phenoxy) is 3. The van der Waals surface area contributed by atoms with Gasteiger partial charge in [0, 0.05) is 12.0 Å². The molecule has 5 atom stereocenters. The standard InChI is InChI=1S/C17H19NO5/c1-21-9-3-4-12(22-2)11(7-9)18-16(19)14-8-5-10-13(6-8)23-17(20)15(10)14/h3-4,7-8,10,13-15H,5-6H2,1-2H3,(H,18,19)/t8-,10-,13-,14-,15-/m0/s1. The van der Waals surface area contributed by atoms with E-state index in [1.807, 2.05) is 0 Å². The van der Waals surface area contributed by atoms with E-state index in [9.17, 15) is 9.59 Å². The molecular weight excluding hydrogens is 298 g/mol. The van der Waals surface area contributed by atoms with Gasteiger partial charge in [0.15, 0.2) is 0 Å². The number of amides is 1. The van der Waals surface area contributed by atoms with Gasteiger partial charge in [-0.25, -0.2) is 0 Å². The third kappa shape index (κ3) is 2.08. The zero-order chi connectivity index (χ0) is 16.1. The van der Waals surface area contributed by atoms with Gasteiger partial charge in [-0.2, -0.15) is 0 Å². The van der Waals surface area contributed by atoms with Gasteiger partial charge in [-0.3, -0.25) is 9.59 Å². The molecule has 1 heterocycles. The molecule has 0 radical (unpaired) electrons. The summed E-state index contributed by atoms with van der Waals surface area (Å²) in [5.41, 5.74) is 0.558. The lowest BCUT2D eigenvalue weighted by Crippen LogP contribution is -2.35. The molecule has 2 saturated carbocycles. The molecule has 6 nitrogen and oxygen atoms in total. The molecule has 2 bridgehead atoms. The summed E-state index contributed by atoms with van der Waals surface area (Å²) in [4.78, 5) is 24.8. The predicted molar refractivity (Wildman–Crippen MR) is 81.2 cm³/mol. The number of rotatable bonds is 4. The van der Waals surface area contributed by atoms with Crippen LogP contribution >= 0.6 is 0 Å². The molecule has 23 heavy (non-hydrogen) atoms. The number of nitrogens with one attached hydrogen (secondary N) is 1. The van der Waals surface area contributed by atoms with Crippen LogP contribution < -0.4 is 14.8 Å². The van der Waals surface area contributed by atoms with Crippen molar-refractivity contribution >= 4 is 17.6 Å². The first-order valence-corrected chi connectivity index (χ1v) is 7.85. The molecule has 1 saturated heterocycles. The summed E-state index contributed by atoms with van der Waals surface area (Å²) in [6.45, 7) is 0. The minimum atomic E-state index is -0.304. The Morgan fingerprint density at radius 1 is 1.26 bits per heavy atom. The third-order valence-electron chi connectivity index (χ3n) is 5.45. The zero-order valence-corrected chi connectivity index (χ0v) is 13.1.